The molecule has 2 aromatic carbocycles. The van der Waals surface area contributed by atoms with Crippen LogP contribution < -0.4 is 15.2 Å². The third-order valence-corrected chi connectivity index (χ3v) is 5.08. The number of hydrogen-bond donors (Lipinski definition) is 0. The van der Waals surface area contributed by atoms with Gasteiger partial charge in [0.15, 0.2) is 6.61 Å². The van der Waals surface area contributed by atoms with Crippen LogP contribution >= 0.6 is 0 Å². The lowest BCUT2D eigenvalue weighted by Gasteiger charge is -2.29. The fourth-order valence-corrected chi connectivity index (χ4v) is 3.67. The number of aryl methyl sites for hydroxylation is 2. The van der Waals surface area contributed by atoms with E-state index in [9.17, 15) is 9.59 Å². The number of benzene rings is 2. The highest BCUT2D eigenvalue weighted by Crippen LogP contribution is 2.27. The van der Waals surface area contributed by atoms with Crippen molar-refractivity contribution in [2.24, 2.45) is 0 Å². The van der Waals surface area contributed by atoms with E-state index in [-0.39, 0.29) is 18.1 Å². The lowest BCUT2D eigenvalue weighted by Crippen LogP contribution is -2.38. The van der Waals surface area contributed by atoms with Crippen LogP contribution in [-0.2, 0) is 17.8 Å². The average molecular weight is 362 g/mol. The van der Waals surface area contributed by atoms with Crippen LogP contribution in [0.1, 0.15) is 18.9 Å². The van der Waals surface area contributed by atoms with E-state index in [0.29, 0.717) is 24.2 Å². The van der Waals surface area contributed by atoms with Crippen LogP contribution in [-0.4, -0.2) is 23.6 Å². The molecular formula is C22H22N2O3. The molecule has 0 saturated carbocycles. The van der Waals surface area contributed by atoms with Crippen LogP contribution in [0.5, 0.6) is 5.75 Å². The number of para-hydroxylation sites is 1. The molecule has 3 aromatic rings. The Kier molecular flexibility index (Phi) is 4.67. The fraction of sp³-hybridized carbons (Fsp3) is 0.273. The van der Waals surface area contributed by atoms with Gasteiger partial charge in [-0.3, -0.25) is 9.59 Å². The summed E-state index contributed by atoms with van der Waals surface area (Å²) in [6, 6.07) is 15.3. The predicted octanol–water partition coefficient (Wildman–Crippen LogP) is 3.38. The van der Waals surface area contributed by atoms with Gasteiger partial charge in [-0.05, 0) is 49.6 Å². The van der Waals surface area contributed by atoms with Crippen LogP contribution in [0.3, 0.4) is 0 Å². The Balaban J connectivity index is 1.57. The highest BCUT2D eigenvalue weighted by atomic mass is 16.5. The summed E-state index contributed by atoms with van der Waals surface area (Å²) in [4.78, 5) is 27.0. The van der Waals surface area contributed by atoms with Gasteiger partial charge in [0.2, 0.25) is 0 Å². The van der Waals surface area contributed by atoms with Gasteiger partial charge in [0.1, 0.15) is 5.75 Å². The Morgan fingerprint density at radius 2 is 1.93 bits per heavy atom. The van der Waals surface area contributed by atoms with Crippen molar-refractivity contribution in [1.82, 2.24) is 4.57 Å². The first-order chi connectivity index (χ1) is 13.2. The molecule has 138 valence electrons. The number of ether oxygens (including phenoxy) is 1. The summed E-state index contributed by atoms with van der Waals surface area (Å²) in [6.45, 7) is 3.20. The molecule has 0 spiro atoms. The number of fused-ring (bicyclic) bond motifs is 2. The summed E-state index contributed by atoms with van der Waals surface area (Å²) in [6.07, 6.45) is 3.71. The standard InChI is InChI=1S/C22H22N2O3/c1-2-23-14-12-17-18(22(23)26)9-5-11-20(17)27-15-21(25)24-13-6-8-16-7-3-4-10-19(16)24/h3-5,7,9-12,14H,2,6,8,13,15H2,1H3. The molecule has 0 bridgehead atoms. The van der Waals surface area contributed by atoms with Gasteiger partial charge < -0.3 is 14.2 Å². The average Bonchev–Trinajstić information content (AvgIpc) is 2.72. The molecule has 5 heteroatoms. The first kappa shape index (κ1) is 17.3. The van der Waals surface area contributed by atoms with Gasteiger partial charge >= 0.3 is 0 Å². The van der Waals surface area contributed by atoms with Crippen LogP contribution in [0, 0.1) is 0 Å². The number of anilines is 1. The summed E-state index contributed by atoms with van der Waals surface area (Å²) in [5.41, 5.74) is 2.13. The zero-order chi connectivity index (χ0) is 18.8. The summed E-state index contributed by atoms with van der Waals surface area (Å²) in [5.74, 6) is 0.493. The second-order valence-corrected chi connectivity index (χ2v) is 6.69. The second-order valence-electron chi connectivity index (χ2n) is 6.69. The van der Waals surface area contributed by atoms with Gasteiger partial charge in [0.05, 0.1) is 5.39 Å². The van der Waals surface area contributed by atoms with Crippen LogP contribution in [0.4, 0.5) is 5.69 Å². The predicted molar refractivity (Wildman–Crippen MR) is 106 cm³/mol. The fourth-order valence-electron chi connectivity index (χ4n) is 3.67. The summed E-state index contributed by atoms with van der Waals surface area (Å²) in [5, 5.41) is 1.34. The van der Waals surface area contributed by atoms with Crippen molar-refractivity contribution in [2.45, 2.75) is 26.3 Å². The van der Waals surface area contributed by atoms with Gasteiger partial charge in [0.25, 0.3) is 11.5 Å². The monoisotopic (exact) mass is 362 g/mol. The van der Waals surface area contributed by atoms with Crippen molar-refractivity contribution in [1.29, 1.82) is 0 Å². The maximum atomic E-state index is 12.8. The zero-order valence-corrected chi connectivity index (χ0v) is 15.4. The molecule has 5 nitrogen and oxygen atoms in total. The number of pyridine rings is 1. The largest absolute Gasteiger partial charge is 0.483 e. The van der Waals surface area contributed by atoms with Crippen molar-refractivity contribution in [2.75, 3.05) is 18.1 Å². The molecule has 0 aliphatic carbocycles. The number of nitrogens with zero attached hydrogens (tertiary/aromatic N) is 2. The molecule has 0 N–H and O–H groups in total. The number of rotatable bonds is 4. The molecule has 0 unspecified atom stereocenters. The second kappa shape index (κ2) is 7.27. The van der Waals surface area contributed by atoms with Gasteiger partial charge in [-0.15, -0.1) is 0 Å². The molecule has 0 radical (unpaired) electrons. The highest BCUT2D eigenvalue weighted by molar-refractivity contribution is 5.96. The number of carbonyl (C=O) groups excluding carboxylic acids is 1. The minimum Gasteiger partial charge on any atom is -0.483 e. The number of amides is 1. The van der Waals surface area contributed by atoms with E-state index in [1.54, 1.807) is 33.9 Å². The quantitative estimate of drug-likeness (QED) is 0.715. The van der Waals surface area contributed by atoms with E-state index in [2.05, 4.69) is 6.07 Å². The van der Waals surface area contributed by atoms with Crippen molar-refractivity contribution in [3.05, 3.63) is 70.6 Å². The van der Waals surface area contributed by atoms with E-state index in [4.69, 9.17) is 4.74 Å². The maximum absolute atomic E-state index is 12.8. The first-order valence-corrected chi connectivity index (χ1v) is 9.32. The number of hydrogen-bond acceptors (Lipinski definition) is 3. The molecular weight excluding hydrogens is 340 g/mol. The molecule has 1 amide bonds. The number of aromatic nitrogens is 1. The Morgan fingerprint density at radius 1 is 1.07 bits per heavy atom. The zero-order valence-electron chi connectivity index (χ0n) is 15.4. The molecule has 27 heavy (non-hydrogen) atoms. The molecule has 0 fully saturated rings. The number of carbonyl (C=O) groups is 1. The van der Waals surface area contributed by atoms with Crippen molar-refractivity contribution >= 4 is 22.4 Å². The maximum Gasteiger partial charge on any atom is 0.264 e. The van der Waals surface area contributed by atoms with Crippen molar-refractivity contribution in [3.63, 3.8) is 0 Å². The highest BCUT2D eigenvalue weighted by Gasteiger charge is 2.22. The van der Waals surface area contributed by atoms with Crippen molar-refractivity contribution < 1.29 is 9.53 Å². The Bertz CT molecular complexity index is 1050. The van der Waals surface area contributed by atoms with Crippen molar-refractivity contribution in [3.8, 4) is 5.75 Å². The summed E-state index contributed by atoms with van der Waals surface area (Å²) >= 11 is 0. The molecule has 2 heterocycles. The minimum absolute atomic E-state index is 0.0447. The summed E-state index contributed by atoms with van der Waals surface area (Å²) < 4.78 is 7.49. The van der Waals surface area contributed by atoms with E-state index < -0.39 is 0 Å². The smallest absolute Gasteiger partial charge is 0.264 e. The van der Waals surface area contributed by atoms with Crippen LogP contribution in [0.2, 0.25) is 0 Å². The molecule has 0 atom stereocenters. The van der Waals surface area contributed by atoms with E-state index in [1.165, 1.54) is 5.56 Å². The summed E-state index contributed by atoms with van der Waals surface area (Å²) in [7, 11) is 0. The minimum atomic E-state index is -0.0685. The lowest BCUT2D eigenvalue weighted by atomic mass is 10.0. The van der Waals surface area contributed by atoms with Gasteiger partial charge in [-0.2, -0.15) is 0 Å². The first-order valence-electron chi connectivity index (χ1n) is 9.32. The van der Waals surface area contributed by atoms with Gasteiger partial charge in [0, 0.05) is 30.4 Å². The van der Waals surface area contributed by atoms with E-state index >= 15 is 0 Å². The van der Waals surface area contributed by atoms with Gasteiger partial charge in [-0.25, -0.2) is 0 Å². The van der Waals surface area contributed by atoms with Crippen LogP contribution in [0.15, 0.2) is 59.5 Å². The van der Waals surface area contributed by atoms with E-state index in [0.717, 1.165) is 23.9 Å². The molecule has 1 aromatic heterocycles. The molecule has 4 rings (SSSR count). The molecule has 1 aliphatic heterocycles. The topological polar surface area (TPSA) is 51.5 Å². The molecule has 1 aliphatic rings. The van der Waals surface area contributed by atoms with Crippen LogP contribution in [0.25, 0.3) is 10.8 Å². The third kappa shape index (κ3) is 3.21. The Hall–Kier alpha value is -3.08. The lowest BCUT2D eigenvalue weighted by molar-refractivity contribution is -0.120. The molecule has 0 saturated heterocycles. The Morgan fingerprint density at radius 3 is 2.78 bits per heavy atom. The van der Waals surface area contributed by atoms with E-state index in [1.807, 2.05) is 31.2 Å². The van der Waals surface area contributed by atoms with Gasteiger partial charge in [-0.1, -0.05) is 24.3 Å². The normalized spacial score (nSPS) is 13.4. The third-order valence-electron chi connectivity index (χ3n) is 5.08. The Labute approximate surface area is 157 Å². The SMILES string of the molecule is CCn1ccc2c(OCC(=O)N3CCCc4ccccc43)cccc2c1=O.